The number of amides is 4. The molecule has 2 aromatic carbocycles. The van der Waals surface area contributed by atoms with E-state index < -0.39 is 40.0 Å². The van der Waals surface area contributed by atoms with Crippen molar-refractivity contribution in [2.24, 2.45) is 0 Å². The van der Waals surface area contributed by atoms with Gasteiger partial charge >= 0.3 is 6.03 Å². The summed E-state index contributed by atoms with van der Waals surface area (Å²) >= 11 is 0. The van der Waals surface area contributed by atoms with Gasteiger partial charge in [0.05, 0.1) is 4.90 Å². The number of carbonyl (C=O) groups excluding carboxylic acids is 3. The minimum atomic E-state index is -3.71. The Bertz CT molecular complexity index is 1210. The fourth-order valence-electron chi connectivity index (χ4n) is 3.78. The van der Waals surface area contributed by atoms with Gasteiger partial charge < -0.3 is 10.6 Å². The molecule has 0 bridgehead atoms. The number of rotatable bonds is 7. The molecule has 0 aliphatic carbocycles. The predicted octanol–water partition coefficient (Wildman–Crippen LogP) is 2.35. The Hall–Kier alpha value is -3.24. The fraction of sp³-hybridized carbons (Fsp3) is 0.348. The van der Waals surface area contributed by atoms with Gasteiger partial charge in [0.1, 0.15) is 12.1 Å². The number of sulfonamides is 1. The largest absolute Gasteiger partial charge is 0.325 e. The lowest BCUT2D eigenvalue weighted by Crippen LogP contribution is -2.44. The van der Waals surface area contributed by atoms with Gasteiger partial charge in [-0.2, -0.15) is 0 Å². The van der Waals surface area contributed by atoms with E-state index in [-0.39, 0.29) is 4.90 Å². The van der Waals surface area contributed by atoms with Crippen LogP contribution in [0.5, 0.6) is 0 Å². The van der Waals surface area contributed by atoms with Gasteiger partial charge in [-0.25, -0.2) is 17.5 Å². The molecule has 2 aromatic rings. The third-order valence-corrected chi connectivity index (χ3v) is 7.76. The second-order valence-electron chi connectivity index (χ2n) is 8.19. The Labute approximate surface area is 193 Å². The standard InChI is InChI=1S/C23H28N4O5S/c1-6-23(17-10-8-7-9-11-17)21(29)27(22(30)25-23)14-20(28)24-19-13-18(12-15(2)16(19)3)33(31,32)26(4)5/h7-13H,6,14H2,1-5H3,(H,24,28)(H,25,30). The summed E-state index contributed by atoms with van der Waals surface area (Å²) in [5, 5.41) is 5.40. The first kappa shape index (κ1) is 24.4. The van der Waals surface area contributed by atoms with Crippen LogP contribution in [0.4, 0.5) is 10.5 Å². The highest BCUT2D eigenvalue weighted by atomic mass is 32.2. The van der Waals surface area contributed by atoms with Crippen molar-refractivity contribution in [1.29, 1.82) is 0 Å². The van der Waals surface area contributed by atoms with Crippen molar-refractivity contribution in [2.75, 3.05) is 26.0 Å². The number of nitrogens with zero attached hydrogens (tertiary/aromatic N) is 2. The van der Waals surface area contributed by atoms with Crippen LogP contribution in [0, 0.1) is 13.8 Å². The molecule has 33 heavy (non-hydrogen) atoms. The van der Waals surface area contributed by atoms with Crippen LogP contribution in [0.2, 0.25) is 0 Å². The Morgan fingerprint density at radius 2 is 1.76 bits per heavy atom. The first-order valence-corrected chi connectivity index (χ1v) is 11.9. The molecule has 1 fully saturated rings. The SMILES string of the molecule is CCC1(c2ccccc2)NC(=O)N(CC(=O)Nc2cc(S(=O)(=O)N(C)C)cc(C)c2C)C1=O. The molecule has 1 aliphatic rings. The highest BCUT2D eigenvalue weighted by molar-refractivity contribution is 7.89. The molecular weight excluding hydrogens is 444 g/mol. The summed E-state index contributed by atoms with van der Waals surface area (Å²) in [6.07, 6.45) is 0.322. The van der Waals surface area contributed by atoms with E-state index in [1.165, 1.54) is 26.2 Å². The smallest absolute Gasteiger partial charge is 0.324 e. The van der Waals surface area contributed by atoms with E-state index in [4.69, 9.17) is 0 Å². The number of aryl methyl sites for hydroxylation is 1. The molecule has 9 nitrogen and oxygen atoms in total. The highest BCUT2D eigenvalue weighted by Crippen LogP contribution is 2.32. The van der Waals surface area contributed by atoms with Crippen molar-refractivity contribution in [1.82, 2.24) is 14.5 Å². The van der Waals surface area contributed by atoms with Crippen LogP contribution >= 0.6 is 0 Å². The van der Waals surface area contributed by atoms with Crippen LogP contribution in [0.3, 0.4) is 0 Å². The van der Waals surface area contributed by atoms with Crippen LogP contribution in [-0.4, -0.2) is 56.1 Å². The second kappa shape index (κ2) is 8.95. The van der Waals surface area contributed by atoms with E-state index in [9.17, 15) is 22.8 Å². The maximum Gasteiger partial charge on any atom is 0.325 e. The van der Waals surface area contributed by atoms with Crippen LogP contribution < -0.4 is 10.6 Å². The molecule has 10 heteroatoms. The molecule has 2 N–H and O–H groups in total. The number of imide groups is 1. The van der Waals surface area contributed by atoms with Gasteiger partial charge in [-0.1, -0.05) is 37.3 Å². The summed E-state index contributed by atoms with van der Waals surface area (Å²) in [5.41, 5.74) is 1.08. The number of nitrogens with one attached hydrogen (secondary N) is 2. The lowest BCUT2D eigenvalue weighted by molar-refractivity contribution is -0.134. The fourth-order valence-corrected chi connectivity index (χ4v) is 4.80. The number of hydrogen-bond acceptors (Lipinski definition) is 5. The number of benzene rings is 2. The van der Waals surface area contributed by atoms with E-state index in [0.717, 1.165) is 9.21 Å². The molecule has 1 aliphatic heterocycles. The van der Waals surface area contributed by atoms with E-state index >= 15 is 0 Å². The molecule has 0 spiro atoms. The highest BCUT2D eigenvalue weighted by Gasteiger charge is 2.51. The van der Waals surface area contributed by atoms with Crippen molar-refractivity contribution < 1.29 is 22.8 Å². The Morgan fingerprint density at radius 1 is 1.12 bits per heavy atom. The zero-order valence-electron chi connectivity index (χ0n) is 19.3. The monoisotopic (exact) mass is 472 g/mol. The van der Waals surface area contributed by atoms with E-state index in [2.05, 4.69) is 10.6 Å². The quantitative estimate of drug-likeness (QED) is 0.600. The van der Waals surface area contributed by atoms with Crippen molar-refractivity contribution in [3.8, 4) is 0 Å². The molecule has 1 unspecified atom stereocenters. The molecule has 1 saturated heterocycles. The number of carbonyl (C=O) groups is 3. The predicted molar refractivity (Wildman–Crippen MR) is 124 cm³/mol. The molecule has 1 heterocycles. The van der Waals surface area contributed by atoms with Crippen molar-refractivity contribution in [3.05, 3.63) is 59.2 Å². The second-order valence-corrected chi connectivity index (χ2v) is 10.3. The van der Waals surface area contributed by atoms with Crippen LogP contribution in [0.15, 0.2) is 47.4 Å². The van der Waals surface area contributed by atoms with Gasteiger partial charge in [-0.3, -0.25) is 14.5 Å². The molecule has 176 valence electrons. The third-order valence-electron chi connectivity index (χ3n) is 5.97. The topological polar surface area (TPSA) is 116 Å². The van der Waals surface area contributed by atoms with Gasteiger partial charge in [-0.15, -0.1) is 0 Å². The lowest BCUT2D eigenvalue weighted by atomic mass is 9.87. The van der Waals surface area contributed by atoms with Gasteiger partial charge in [0.2, 0.25) is 15.9 Å². The van der Waals surface area contributed by atoms with E-state index in [1.807, 2.05) is 6.07 Å². The summed E-state index contributed by atoms with van der Waals surface area (Å²) in [6.45, 7) is 4.79. The van der Waals surface area contributed by atoms with Gasteiger partial charge in [0, 0.05) is 19.8 Å². The molecular formula is C23H28N4O5S. The Morgan fingerprint density at radius 3 is 2.33 bits per heavy atom. The molecule has 4 amide bonds. The maximum atomic E-state index is 13.2. The normalized spacial score (nSPS) is 18.5. The third kappa shape index (κ3) is 4.36. The first-order valence-electron chi connectivity index (χ1n) is 10.5. The molecule has 0 aromatic heterocycles. The minimum absolute atomic E-state index is 0.0370. The molecule has 0 saturated carbocycles. The minimum Gasteiger partial charge on any atom is -0.324 e. The van der Waals surface area contributed by atoms with Crippen LogP contribution in [-0.2, 0) is 25.2 Å². The van der Waals surface area contributed by atoms with E-state index in [0.29, 0.717) is 28.8 Å². The maximum absolute atomic E-state index is 13.2. The van der Waals surface area contributed by atoms with Crippen molar-refractivity contribution >= 4 is 33.6 Å². The summed E-state index contributed by atoms with van der Waals surface area (Å²) in [6, 6.07) is 11.1. The lowest BCUT2D eigenvalue weighted by Gasteiger charge is -2.25. The zero-order chi connectivity index (χ0) is 24.6. The summed E-state index contributed by atoms with van der Waals surface area (Å²) in [4.78, 5) is 39.6. The molecule has 1 atom stereocenters. The first-order chi connectivity index (χ1) is 15.4. The number of hydrogen-bond donors (Lipinski definition) is 2. The van der Waals surface area contributed by atoms with Gasteiger partial charge in [0.25, 0.3) is 5.91 Å². The van der Waals surface area contributed by atoms with Crippen LogP contribution in [0.25, 0.3) is 0 Å². The molecule has 3 rings (SSSR count). The number of urea groups is 1. The van der Waals surface area contributed by atoms with Crippen molar-refractivity contribution in [3.63, 3.8) is 0 Å². The molecule has 0 radical (unpaired) electrons. The Kier molecular flexibility index (Phi) is 6.62. The van der Waals surface area contributed by atoms with Crippen LogP contribution in [0.1, 0.15) is 30.0 Å². The summed E-state index contributed by atoms with van der Waals surface area (Å²) in [5.74, 6) is -1.12. The van der Waals surface area contributed by atoms with Crippen molar-refractivity contribution in [2.45, 2.75) is 37.6 Å². The van der Waals surface area contributed by atoms with E-state index in [1.54, 1.807) is 45.0 Å². The summed E-state index contributed by atoms with van der Waals surface area (Å²) in [7, 11) is -0.863. The van der Waals surface area contributed by atoms with Gasteiger partial charge in [-0.05, 0) is 49.1 Å². The Balaban J connectivity index is 1.85. The zero-order valence-corrected chi connectivity index (χ0v) is 20.1. The van der Waals surface area contributed by atoms with Gasteiger partial charge in [0.15, 0.2) is 0 Å². The number of anilines is 1. The average molecular weight is 473 g/mol. The average Bonchev–Trinajstić information content (AvgIpc) is 3.02. The summed E-state index contributed by atoms with van der Waals surface area (Å²) < 4.78 is 26.2.